The van der Waals surface area contributed by atoms with Gasteiger partial charge >= 0.3 is 0 Å². The van der Waals surface area contributed by atoms with Crippen LogP contribution in [0.15, 0.2) is 83.9 Å². The van der Waals surface area contributed by atoms with E-state index in [1.165, 1.54) is 16.7 Å². The number of benzene rings is 3. The Morgan fingerprint density at radius 1 is 0.714 bits per heavy atom. The highest BCUT2D eigenvalue weighted by molar-refractivity contribution is 5.83. The smallest absolute Gasteiger partial charge is 0.0632 e. The van der Waals surface area contributed by atoms with Crippen LogP contribution in [-0.2, 0) is 0 Å². The average Bonchev–Trinajstić information content (AvgIpc) is 2.54. The van der Waals surface area contributed by atoms with Crippen LogP contribution in [0, 0.1) is 6.92 Å². The van der Waals surface area contributed by atoms with Crippen LogP contribution in [0.1, 0.15) is 11.1 Å². The number of hydrogen-bond donors (Lipinski definition) is 0. The summed E-state index contributed by atoms with van der Waals surface area (Å²) in [5.74, 6) is 0. The van der Waals surface area contributed by atoms with Crippen molar-refractivity contribution in [3.63, 3.8) is 0 Å². The summed E-state index contributed by atoms with van der Waals surface area (Å²) in [6.45, 7) is 2.08. The van der Waals surface area contributed by atoms with E-state index in [0.717, 1.165) is 11.3 Å². The molecule has 1 nitrogen and oxygen atoms in total. The van der Waals surface area contributed by atoms with Crippen LogP contribution in [0.2, 0.25) is 0 Å². The average molecular weight is 271 g/mol. The molecule has 1 heteroatoms. The molecule has 0 saturated heterocycles. The number of hydrogen-bond acceptors (Lipinski definition) is 1. The molecule has 3 aromatic rings. The Kier molecular flexibility index (Phi) is 3.92. The molecule has 0 atom stereocenters. The lowest BCUT2D eigenvalue weighted by molar-refractivity contribution is 1.43. The highest BCUT2D eigenvalue weighted by Crippen LogP contribution is 2.19. The summed E-state index contributed by atoms with van der Waals surface area (Å²) in [6, 6.07) is 27.1. The molecule has 0 amide bonds. The van der Waals surface area contributed by atoms with Gasteiger partial charge in [-0.15, -0.1) is 0 Å². The minimum Gasteiger partial charge on any atom is -0.256 e. The van der Waals surface area contributed by atoms with Crippen molar-refractivity contribution in [3.8, 4) is 11.1 Å². The predicted octanol–water partition coefficient (Wildman–Crippen LogP) is 5.41. The minimum atomic E-state index is 0.988. The third kappa shape index (κ3) is 3.46. The van der Waals surface area contributed by atoms with E-state index in [-0.39, 0.29) is 0 Å². The number of nitrogens with zero attached hydrogens (tertiary/aromatic N) is 1. The van der Waals surface area contributed by atoms with Gasteiger partial charge in [0.2, 0.25) is 0 Å². The van der Waals surface area contributed by atoms with Crippen molar-refractivity contribution < 1.29 is 0 Å². The van der Waals surface area contributed by atoms with Crippen LogP contribution in [0.4, 0.5) is 5.69 Å². The maximum atomic E-state index is 4.51. The Morgan fingerprint density at radius 3 is 2.14 bits per heavy atom. The molecule has 0 unspecified atom stereocenters. The molecule has 0 aliphatic rings. The second-order valence-corrected chi connectivity index (χ2v) is 5.09. The van der Waals surface area contributed by atoms with Crippen LogP contribution < -0.4 is 0 Å². The van der Waals surface area contributed by atoms with E-state index < -0.39 is 0 Å². The van der Waals surface area contributed by atoms with E-state index in [0.29, 0.717) is 0 Å². The van der Waals surface area contributed by atoms with E-state index >= 15 is 0 Å². The van der Waals surface area contributed by atoms with Gasteiger partial charge in [0.05, 0.1) is 5.69 Å². The molecular formula is C20H17N. The summed E-state index contributed by atoms with van der Waals surface area (Å²) in [5, 5.41) is 0. The molecule has 0 aliphatic carbocycles. The molecule has 102 valence electrons. The Hall–Kier alpha value is -2.67. The van der Waals surface area contributed by atoms with Gasteiger partial charge in [0.25, 0.3) is 0 Å². The van der Waals surface area contributed by atoms with Gasteiger partial charge in [0.1, 0.15) is 0 Å². The van der Waals surface area contributed by atoms with Crippen molar-refractivity contribution in [2.75, 3.05) is 0 Å². The third-order valence-electron chi connectivity index (χ3n) is 3.38. The summed E-state index contributed by atoms with van der Waals surface area (Å²) >= 11 is 0. The predicted molar refractivity (Wildman–Crippen MR) is 90.3 cm³/mol. The number of aliphatic imine (C=N–C) groups is 1. The second kappa shape index (κ2) is 6.19. The highest BCUT2D eigenvalue weighted by atomic mass is 14.7. The number of aryl methyl sites for hydroxylation is 1. The quantitative estimate of drug-likeness (QED) is 0.564. The van der Waals surface area contributed by atoms with Crippen LogP contribution in [-0.4, -0.2) is 6.21 Å². The van der Waals surface area contributed by atoms with E-state index in [4.69, 9.17) is 0 Å². The maximum Gasteiger partial charge on any atom is 0.0632 e. The zero-order chi connectivity index (χ0) is 14.5. The number of rotatable bonds is 3. The SMILES string of the molecule is Cc1cccc(N=Cc2ccc(-c3ccccc3)cc2)c1. The molecule has 0 heterocycles. The van der Waals surface area contributed by atoms with Crippen molar-refractivity contribution in [2.45, 2.75) is 6.92 Å². The van der Waals surface area contributed by atoms with Gasteiger partial charge in [0.15, 0.2) is 0 Å². The molecular weight excluding hydrogens is 254 g/mol. The fraction of sp³-hybridized carbons (Fsp3) is 0.0500. The molecule has 3 aromatic carbocycles. The molecule has 0 radical (unpaired) electrons. The van der Waals surface area contributed by atoms with Crippen molar-refractivity contribution in [1.29, 1.82) is 0 Å². The van der Waals surface area contributed by atoms with Crippen molar-refractivity contribution in [1.82, 2.24) is 0 Å². The lowest BCUT2D eigenvalue weighted by Crippen LogP contribution is -1.82. The first-order chi connectivity index (χ1) is 10.3. The lowest BCUT2D eigenvalue weighted by atomic mass is 10.0. The zero-order valence-electron chi connectivity index (χ0n) is 12.0. The minimum absolute atomic E-state index is 0.988. The largest absolute Gasteiger partial charge is 0.256 e. The van der Waals surface area contributed by atoms with Gasteiger partial charge in [-0.05, 0) is 41.3 Å². The van der Waals surface area contributed by atoms with Crippen LogP contribution in [0.5, 0.6) is 0 Å². The molecule has 0 N–H and O–H groups in total. The molecule has 0 saturated carbocycles. The Morgan fingerprint density at radius 2 is 1.43 bits per heavy atom. The standard InChI is InChI=1S/C20H17N/c1-16-6-5-9-20(14-16)21-15-17-10-12-19(13-11-17)18-7-3-2-4-8-18/h2-15H,1H3. The van der Waals surface area contributed by atoms with Gasteiger partial charge in [-0.1, -0.05) is 66.7 Å². The van der Waals surface area contributed by atoms with Crippen LogP contribution in [0.3, 0.4) is 0 Å². The molecule has 0 bridgehead atoms. The van der Waals surface area contributed by atoms with Crippen molar-refractivity contribution in [2.24, 2.45) is 4.99 Å². The summed E-state index contributed by atoms with van der Waals surface area (Å²) in [7, 11) is 0. The van der Waals surface area contributed by atoms with Crippen LogP contribution in [0.25, 0.3) is 11.1 Å². The van der Waals surface area contributed by atoms with E-state index in [2.05, 4.69) is 72.6 Å². The Labute approximate surface area is 125 Å². The molecule has 0 spiro atoms. The Balaban J connectivity index is 1.79. The van der Waals surface area contributed by atoms with Gasteiger partial charge in [-0.3, -0.25) is 4.99 Å². The lowest BCUT2D eigenvalue weighted by Gasteiger charge is -2.01. The van der Waals surface area contributed by atoms with E-state index in [9.17, 15) is 0 Å². The zero-order valence-corrected chi connectivity index (χ0v) is 12.0. The molecule has 3 rings (SSSR count). The van der Waals surface area contributed by atoms with E-state index in [1.54, 1.807) is 0 Å². The first kappa shape index (κ1) is 13.3. The van der Waals surface area contributed by atoms with E-state index in [1.807, 2.05) is 24.4 Å². The fourth-order valence-electron chi connectivity index (χ4n) is 2.25. The normalized spacial score (nSPS) is 10.9. The first-order valence-electron chi connectivity index (χ1n) is 7.07. The summed E-state index contributed by atoms with van der Waals surface area (Å²) in [6.07, 6.45) is 1.91. The Bertz CT molecular complexity index is 740. The summed E-state index contributed by atoms with van der Waals surface area (Å²) in [4.78, 5) is 4.51. The fourth-order valence-corrected chi connectivity index (χ4v) is 2.25. The summed E-state index contributed by atoms with van der Waals surface area (Å²) < 4.78 is 0. The monoisotopic (exact) mass is 271 g/mol. The second-order valence-electron chi connectivity index (χ2n) is 5.09. The van der Waals surface area contributed by atoms with Gasteiger partial charge in [-0.25, -0.2) is 0 Å². The molecule has 0 aliphatic heterocycles. The van der Waals surface area contributed by atoms with Crippen LogP contribution >= 0.6 is 0 Å². The van der Waals surface area contributed by atoms with Crippen molar-refractivity contribution in [3.05, 3.63) is 90.0 Å². The summed E-state index contributed by atoms with van der Waals surface area (Å²) in [5.41, 5.74) is 5.78. The van der Waals surface area contributed by atoms with Gasteiger partial charge in [0, 0.05) is 6.21 Å². The first-order valence-corrected chi connectivity index (χ1v) is 7.07. The van der Waals surface area contributed by atoms with Gasteiger partial charge < -0.3 is 0 Å². The van der Waals surface area contributed by atoms with Crippen molar-refractivity contribution >= 4 is 11.9 Å². The molecule has 0 aromatic heterocycles. The topological polar surface area (TPSA) is 12.4 Å². The third-order valence-corrected chi connectivity index (χ3v) is 3.38. The highest BCUT2D eigenvalue weighted by Gasteiger charge is 1.96. The van der Waals surface area contributed by atoms with Gasteiger partial charge in [-0.2, -0.15) is 0 Å². The molecule has 21 heavy (non-hydrogen) atoms. The maximum absolute atomic E-state index is 4.51. The molecule has 0 fully saturated rings.